The van der Waals surface area contributed by atoms with Crippen LogP contribution in [0.2, 0.25) is 0 Å². The molecule has 16 heavy (non-hydrogen) atoms. The highest BCUT2D eigenvalue weighted by molar-refractivity contribution is 7.91. The van der Waals surface area contributed by atoms with E-state index in [1.165, 1.54) is 0 Å². The number of nitrogens with one attached hydrogen (secondary N) is 1. The van der Waals surface area contributed by atoms with Crippen LogP contribution in [0.4, 0.5) is 0 Å². The van der Waals surface area contributed by atoms with Crippen LogP contribution in [-0.2, 0) is 19.4 Å². The van der Waals surface area contributed by atoms with Gasteiger partial charge in [-0.15, -0.1) is 0 Å². The fraction of sp³-hybridized carbons (Fsp3) is 0.900. The standard InChI is InChI=1S/C10H19NO4S/c1-2-15-6-3-5-11-10(12)9-4-7-16(13,14)8-9/h9H,2-8H2,1H3,(H,11,12)/t9-/m1/s1. The van der Waals surface area contributed by atoms with Crippen molar-refractivity contribution in [3.63, 3.8) is 0 Å². The van der Waals surface area contributed by atoms with Crippen molar-refractivity contribution >= 4 is 15.7 Å². The van der Waals surface area contributed by atoms with Crippen LogP contribution in [0, 0.1) is 5.92 Å². The van der Waals surface area contributed by atoms with Crippen LogP contribution >= 0.6 is 0 Å². The molecule has 6 heteroatoms. The van der Waals surface area contributed by atoms with Gasteiger partial charge in [0.1, 0.15) is 0 Å². The molecule has 1 saturated heterocycles. The van der Waals surface area contributed by atoms with Gasteiger partial charge >= 0.3 is 0 Å². The highest BCUT2D eigenvalue weighted by atomic mass is 32.2. The zero-order valence-corrected chi connectivity index (χ0v) is 10.4. The number of carbonyl (C=O) groups excluding carboxylic acids is 1. The van der Waals surface area contributed by atoms with Crippen molar-refractivity contribution in [3.8, 4) is 0 Å². The fourth-order valence-electron chi connectivity index (χ4n) is 1.68. The lowest BCUT2D eigenvalue weighted by molar-refractivity contribution is -0.124. The van der Waals surface area contributed by atoms with Crippen molar-refractivity contribution in [2.75, 3.05) is 31.3 Å². The average molecular weight is 249 g/mol. The van der Waals surface area contributed by atoms with Crippen LogP contribution in [0.15, 0.2) is 0 Å². The molecule has 1 aliphatic rings. The quantitative estimate of drug-likeness (QED) is 0.671. The van der Waals surface area contributed by atoms with Crippen molar-refractivity contribution in [2.45, 2.75) is 19.8 Å². The van der Waals surface area contributed by atoms with Crippen molar-refractivity contribution < 1.29 is 17.9 Å². The van der Waals surface area contributed by atoms with E-state index in [1.807, 2.05) is 6.92 Å². The van der Waals surface area contributed by atoms with Gasteiger partial charge in [-0.25, -0.2) is 8.42 Å². The number of carbonyl (C=O) groups is 1. The maximum absolute atomic E-state index is 11.5. The molecule has 0 aromatic carbocycles. The molecule has 0 aromatic rings. The summed E-state index contributed by atoms with van der Waals surface area (Å²) >= 11 is 0. The number of rotatable bonds is 6. The predicted octanol–water partition coefficient (Wildman–Crippen LogP) is -0.0361. The molecule has 0 bridgehead atoms. The Bertz CT molecular complexity index is 326. The minimum Gasteiger partial charge on any atom is -0.382 e. The summed E-state index contributed by atoms with van der Waals surface area (Å²) in [6.45, 7) is 3.77. The summed E-state index contributed by atoms with van der Waals surface area (Å²) in [4.78, 5) is 11.5. The molecule has 1 aliphatic heterocycles. The molecule has 0 spiro atoms. The number of ether oxygens (including phenoxy) is 1. The summed E-state index contributed by atoms with van der Waals surface area (Å²) in [5, 5.41) is 2.74. The Morgan fingerprint density at radius 3 is 2.81 bits per heavy atom. The van der Waals surface area contributed by atoms with Crippen LogP contribution in [0.3, 0.4) is 0 Å². The molecule has 1 atom stereocenters. The van der Waals surface area contributed by atoms with Crippen LogP contribution in [-0.4, -0.2) is 45.6 Å². The van der Waals surface area contributed by atoms with Gasteiger partial charge in [-0.1, -0.05) is 0 Å². The van der Waals surface area contributed by atoms with E-state index in [4.69, 9.17) is 4.74 Å². The monoisotopic (exact) mass is 249 g/mol. The molecule has 1 fully saturated rings. The topological polar surface area (TPSA) is 72.5 Å². The Labute approximate surface area is 96.5 Å². The molecule has 1 rings (SSSR count). The van der Waals surface area contributed by atoms with Gasteiger partial charge in [0.05, 0.1) is 17.4 Å². The number of sulfone groups is 1. The molecule has 0 radical (unpaired) electrons. The molecular formula is C10H19NO4S. The maximum atomic E-state index is 11.5. The first kappa shape index (κ1) is 13.4. The summed E-state index contributed by atoms with van der Waals surface area (Å²) in [6, 6.07) is 0. The summed E-state index contributed by atoms with van der Waals surface area (Å²) < 4.78 is 27.4. The van der Waals surface area contributed by atoms with E-state index in [0.29, 0.717) is 26.2 Å². The van der Waals surface area contributed by atoms with Crippen LogP contribution in [0.1, 0.15) is 19.8 Å². The smallest absolute Gasteiger partial charge is 0.224 e. The molecule has 0 aromatic heterocycles. The lowest BCUT2D eigenvalue weighted by Crippen LogP contribution is -2.32. The number of hydrogen-bond acceptors (Lipinski definition) is 4. The van der Waals surface area contributed by atoms with Gasteiger partial charge in [0, 0.05) is 19.8 Å². The third kappa shape index (κ3) is 4.49. The van der Waals surface area contributed by atoms with Crippen molar-refractivity contribution in [3.05, 3.63) is 0 Å². The Kier molecular flexibility index (Phi) is 5.21. The normalized spacial score (nSPS) is 23.2. The average Bonchev–Trinajstić information content (AvgIpc) is 2.58. The van der Waals surface area contributed by atoms with Crippen molar-refractivity contribution in [1.82, 2.24) is 5.32 Å². The third-order valence-corrected chi connectivity index (χ3v) is 4.34. The SMILES string of the molecule is CCOCCCNC(=O)[C@@H]1CCS(=O)(=O)C1. The van der Waals surface area contributed by atoms with E-state index in [1.54, 1.807) is 0 Å². The second-order valence-electron chi connectivity index (χ2n) is 3.94. The first-order valence-corrected chi connectivity index (χ1v) is 7.43. The van der Waals surface area contributed by atoms with Gasteiger partial charge in [-0.2, -0.15) is 0 Å². The van der Waals surface area contributed by atoms with Gasteiger partial charge in [0.15, 0.2) is 9.84 Å². The van der Waals surface area contributed by atoms with Gasteiger partial charge in [0.2, 0.25) is 5.91 Å². The van der Waals surface area contributed by atoms with Crippen molar-refractivity contribution in [1.29, 1.82) is 0 Å². The van der Waals surface area contributed by atoms with Gasteiger partial charge in [0.25, 0.3) is 0 Å². The van der Waals surface area contributed by atoms with Crippen LogP contribution in [0.5, 0.6) is 0 Å². The molecular weight excluding hydrogens is 230 g/mol. The zero-order chi connectivity index (χ0) is 12.0. The fourth-order valence-corrected chi connectivity index (χ4v) is 3.42. The summed E-state index contributed by atoms with van der Waals surface area (Å²) in [6.07, 6.45) is 1.22. The van der Waals surface area contributed by atoms with E-state index < -0.39 is 9.84 Å². The van der Waals surface area contributed by atoms with Crippen LogP contribution < -0.4 is 5.32 Å². The largest absolute Gasteiger partial charge is 0.382 e. The second kappa shape index (κ2) is 6.20. The first-order valence-electron chi connectivity index (χ1n) is 5.61. The Balaban J connectivity index is 2.16. The molecule has 1 N–H and O–H groups in total. The maximum Gasteiger partial charge on any atom is 0.224 e. The first-order chi connectivity index (χ1) is 7.55. The molecule has 5 nitrogen and oxygen atoms in total. The Morgan fingerprint density at radius 1 is 1.50 bits per heavy atom. The van der Waals surface area contributed by atoms with Crippen molar-refractivity contribution in [2.24, 2.45) is 5.92 Å². The predicted molar refractivity (Wildman–Crippen MR) is 60.9 cm³/mol. The molecule has 94 valence electrons. The lowest BCUT2D eigenvalue weighted by Gasteiger charge is -2.09. The van der Waals surface area contributed by atoms with E-state index in [0.717, 1.165) is 6.42 Å². The third-order valence-electron chi connectivity index (χ3n) is 2.57. The molecule has 1 heterocycles. The number of amides is 1. The van der Waals surface area contributed by atoms with E-state index in [9.17, 15) is 13.2 Å². The highest BCUT2D eigenvalue weighted by Crippen LogP contribution is 2.18. The van der Waals surface area contributed by atoms with Gasteiger partial charge in [-0.05, 0) is 19.8 Å². The van der Waals surface area contributed by atoms with E-state index in [-0.39, 0.29) is 23.3 Å². The Morgan fingerprint density at radius 2 is 2.25 bits per heavy atom. The van der Waals surface area contributed by atoms with Gasteiger partial charge < -0.3 is 10.1 Å². The molecule has 0 saturated carbocycles. The minimum atomic E-state index is -2.97. The van der Waals surface area contributed by atoms with E-state index >= 15 is 0 Å². The highest BCUT2D eigenvalue weighted by Gasteiger charge is 2.32. The lowest BCUT2D eigenvalue weighted by atomic mass is 10.1. The summed E-state index contributed by atoms with van der Waals surface area (Å²) in [5.74, 6) is -0.344. The second-order valence-corrected chi connectivity index (χ2v) is 6.17. The van der Waals surface area contributed by atoms with Gasteiger partial charge in [-0.3, -0.25) is 4.79 Å². The van der Waals surface area contributed by atoms with Crippen LogP contribution in [0.25, 0.3) is 0 Å². The van der Waals surface area contributed by atoms with E-state index in [2.05, 4.69) is 5.32 Å². The number of hydrogen-bond donors (Lipinski definition) is 1. The zero-order valence-electron chi connectivity index (χ0n) is 9.57. The summed E-state index contributed by atoms with van der Waals surface area (Å²) in [5.41, 5.74) is 0. The minimum absolute atomic E-state index is 0.00426. The summed E-state index contributed by atoms with van der Waals surface area (Å²) in [7, 11) is -2.97. The Hall–Kier alpha value is -0.620. The molecule has 0 unspecified atom stereocenters. The molecule has 1 amide bonds. The molecule has 0 aliphatic carbocycles.